The number of alkyl carbamates (subject to hydrolysis) is 1. The van der Waals surface area contributed by atoms with Crippen molar-refractivity contribution in [2.24, 2.45) is 5.92 Å². The van der Waals surface area contributed by atoms with Gasteiger partial charge in [-0.15, -0.1) is 0 Å². The molecule has 0 spiro atoms. The molecule has 3 N–H and O–H groups in total. The maximum atomic E-state index is 12.7. The minimum absolute atomic E-state index is 0.0597. The van der Waals surface area contributed by atoms with Gasteiger partial charge in [0.2, 0.25) is 5.91 Å². The van der Waals surface area contributed by atoms with Crippen LogP contribution in [-0.4, -0.2) is 67.8 Å². The largest absolute Gasteiger partial charge is 0.481 e. The molecule has 8 nitrogen and oxygen atoms in total. The molecule has 2 aromatic rings. The second kappa shape index (κ2) is 11.7. The fourth-order valence-electron chi connectivity index (χ4n) is 4.21. The van der Waals surface area contributed by atoms with Crippen molar-refractivity contribution in [3.8, 4) is 11.1 Å². The molecule has 1 aliphatic carbocycles. The van der Waals surface area contributed by atoms with Crippen LogP contribution in [0.3, 0.4) is 0 Å². The molecule has 0 bridgehead atoms. The van der Waals surface area contributed by atoms with Crippen LogP contribution in [-0.2, 0) is 14.3 Å². The number of hydrogen-bond donors (Lipinski definition) is 3. The first-order valence-electron chi connectivity index (χ1n) is 11.5. The molecule has 0 saturated heterocycles. The van der Waals surface area contributed by atoms with Gasteiger partial charge in [-0.05, 0) is 49.2 Å². The molecule has 8 heteroatoms. The Kier molecular flexibility index (Phi) is 8.65. The maximum absolute atomic E-state index is 12.7. The molecule has 2 unspecified atom stereocenters. The van der Waals surface area contributed by atoms with Crippen molar-refractivity contribution in [1.29, 1.82) is 0 Å². The number of aliphatic carboxylic acids is 1. The highest BCUT2D eigenvalue weighted by molar-refractivity contribution is 5.86. The quantitative estimate of drug-likeness (QED) is 0.439. The predicted octanol–water partition coefficient (Wildman–Crippen LogP) is 3.07. The molecule has 0 aromatic heterocycles. The number of fused-ring (bicyclic) bond motifs is 3. The number of benzene rings is 2. The van der Waals surface area contributed by atoms with Crippen molar-refractivity contribution in [3.63, 3.8) is 0 Å². The monoisotopic (exact) mass is 467 g/mol. The Morgan fingerprint density at radius 2 is 1.62 bits per heavy atom. The molecule has 1 aliphatic rings. The van der Waals surface area contributed by atoms with Crippen molar-refractivity contribution in [2.75, 3.05) is 33.8 Å². The van der Waals surface area contributed by atoms with E-state index in [-0.39, 0.29) is 18.4 Å². The van der Waals surface area contributed by atoms with Crippen LogP contribution >= 0.6 is 0 Å². The molecular formula is C26H33N3O5. The Hall–Kier alpha value is -3.39. The number of rotatable bonds is 11. The molecule has 182 valence electrons. The summed E-state index contributed by atoms with van der Waals surface area (Å²) in [6.07, 6.45) is 0.357. The summed E-state index contributed by atoms with van der Waals surface area (Å²) < 4.78 is 5.57. The van der Waals surface area contributed by atoms with Gasteiger partial charge in [-0.1, -0.05) is 55.5 Å². The molecule has 0 radical (unpaired) electrons. The lowest BCUT2D eigenvalue weighted by Gasteiger charge is -2.22. The van der Waals surface area contributed by atoms with Crippen LogP contribution in [0.15, 0.2) is 48.5 Å². The lowest BCUT2D eigenvalue weighted by molar-refractivity contribution is -0.141. The van der Waals surface area contributed by atoms with Gasteiger partial charge in [0.15, 0.2) is 0 Å². The summed E-state index contributed by atoms with van der Waals surface area (Å²) in [6.45, 7) is 2.45. The van der Waals surface area contributed by atoms with Gasteiger partial charge in [0, 0.05) is 19.0 Å². The molecule has 2 atom stereocenters. The van der Waals surface area contributed by atoms with E-state index in [1.165, 1.54) is 0 Å². The summed E-state index contributed by atoms with van der Waals surface area (Å²) in [4.78, 5) is 38.0. The normalized spacial score (nSPS) is 14.1. The highest BCUT2D eigenvalue weighted by Crippen LogP contribution is 2.44. The van der Waals surface area contributed by atoms with Crippen LogP contribution in [0, 0.1) is 5.92 Å². The van der Waals surface area contributed by atoms with Gasteiger partial charge in [0.1, 0.15) is 12.6 Å². The Morgan fingerprint density at radius 1 is 1.03 bits per heavy atom. The highest BCUT2D eigenvalue weighted by Gasteiger charge is 2.30. The van der Waals surface area contributed by atoms with Crippen molar-refractivity contribution in [3.05, 3.63) is 59.7 Å². The summed E-state index contributed by atoms with van der Waals surface area (Å²) >= 11 is 0. The number of ether oxygens (including phenoxy) is 1. The number of carbonyl (C=O) groups excluding carboxylic acids is 2. The number of amides is 2. The number of nitrogens with zero attached hydrogens (tertiary/aromatic N) is 1. The lowest BCUT2D eigenvalue weighted by Crippen LogP contribution is -2.52. The van der Waals surface area contributed by atoms with Gasteiger partial charge in [0.25, 0.3) is 0 Å². The summed E-state index contributed by atoms with van der Waals surface area (Å²) in [6, 6.07) is 15.4. The molecular weight excluding hydrogens is 434 g/mol. The first kappa shape index (κ1) is 25.2. The van der Waals surface area contributed by atoms with Gasteiger partial charge >= 0.3 is 12.1 Å². The number of likely N-dealkylation sites (N-methyl/N-ethyl adjacent to an activating group) is 1. The average Bonchev–Trinajstić information content (AvgIpc) is 3.13. The SMILES string of the molecule is CC(CCCNC(=O)C(CN(C)C)NC(=O)OCC1c2ccccc2-c2ccccc21)C(=O)O. The van der Waals surface area contributed by atoms with E-state index < -0.39 is 24.0 Å². The van der Waals surface area contributed by atoms with E-state index in [1.54, 1.807) is 11.8 Å². The molecule has 0 fully saturated rings. The zero-order valence-corrected chi connectivity index (χ0v) is 19.9. The van der Waals surface area contributed by atoms with Crippen molar-refractivity contribution < 1.29 is 24.2 Å². The van der Waals surface area contributed by atoms with E-state index >= 15 is 0 Å². The number of carbonyl (C=O) groups is 3. The van der Waals surface area contributed by atoms with Crippen LogP contribution < -0.4 is 10.6 Å². The topological polar surface area (TPSA) is 108 Å². The molecule has 34 heavy (non-hydrogen) atoms. The van der Waals surface area contributed by atoms with Crippen molar-refractivity contribution in [2.45, 2.75) is 31.7 Å². The molecule has 2 amide bonds. The summed E-state index contributed by atoms with van der Waals surface area (Å²) in [7, 11) is 3.63. The number of hydrogen-bond acceptors (Lipinski definition) is 5. The summed E-state index contributed by atoms with van der Waals surface area (Å²) in [5.41, 5.74) is 4.53. The molecule has 0 aliphatic heterocycles. The van der Waals surface area contributed by atoms with Crippen LogP contribution in [0.4, 0.5) is 4.79 Å². The van der Waals surface area contributed by atoms with Crippen LogP contribution in [0.1, 0.15) is 36.8 Å². The lowest BCUT2D eigenvalue weighted by atomic mass is 9.98. The van der Waals surface area contributed by atoms with Gasteiger partial charge in [-0.2, -0.15) is 0 Å². The third-order valence-corrected chi connectivity index (χ3v) is 6.03. The summed E-state index contributed by atoms with van der Waals surface area (Å²) in [5, 5.41) is 14.4. The first-order valence-corrected chi connectivity index (χ1v) is 11.5. The highest BCUT2D eigenvalue weighted by atomic mass is 16.5. The van der Waals surface area contributed by atoms with E-state index in [1.807, 2.05) is 38.4 Å². The number of nitrogens with one attached hydrogen (secondary N) is 2. The Labute approximate surface area is 200 Å². The smallest absolute Gasteiger partial charge is 0.407 e. The van der Waals surface area contributed by atoms with Crippen molar-refractivity contribution in [1.82, 2.24) is 15.5 Å². The van der Waals surface area contributed by atoms with Gasteiger partial charge in [0.05, 0.1) is 5.92 Å². The fourth-order valence-corrected chi connectivity index (χ4v) is 4.21. The zero-order valence-electron chi connectivity index (χ0n) is 19.9. The molecule has 0 heterocycles. The van der Waals surface area contributed by atoms with E-state index in [2.05, 4.69) is 34.9 Å². The summed E-state index contributed by atoms with van der Waals surface area (Å²) in [5.74, 6) is -1.71. The van der Waals surface area contributed by atoms with E-state index in [0.29, 0.717) is 25.9 Å². The third-order valence-electron chi connectivity index (χ3n) is 6.03. The fraction of sp³-hybridized carbons (Fsp3) is 0.423. The molecule has 3 rings (SSSR count). The standard InChI is InChI=1S/C26H33N3O5/c1-17(25(31)32)9-8-14-27-24(30)23(15-29(2)3)28-26(33)34-16-22-20-12-6-4-10-18(20)19-11-5-7-13-21(19)22/h4-7,10-13,17,22-23H,8-9,14-16H2,1-3H3,(H,27,30)(H,28,33)(H,31,32). The Balaban J connectivity index is 1.56. The van der Waals surface area contributed by atoms with E-state index in [9.17, 15) is 14.4 Å². The minimum Gasteiger partial charge on any atom is -0.481 e. The number of carboxylic acid groups (broad SMARTS) is 1. The second-order valence-electron chi connectivity index (χ2n) is 8.96. The van der Waals surface area contributed by atoms with Gasteiger partial charge in [-0.3, -0.25) is 9.59 Å². The zero-order chi connectivity index (χ0) is 24.7. The van der Waals surface area contributed by atoms with Gasteiger partial charge in [-0.25, -0.2) is 4.79 Å². The van der Waals surface area contributed by atoms with Crippen LogP contribution in [0.2, 0.25) is 0 Å². The van der Waals surface area contributed by atoms with Crippen LogP contribution in [0.25, 0.3) is 11.1 Å². The van der Waals surface area contributed by atoms with E-state index in [0.717, 1.165) is 22.3 Å². The van der Waals surface area contributed by atoms with E-state index in [4.69, 9.17) is 9.84 Å². The Bertz CT molecular complexity index is 978. The maximum Gasteiger partial charge on any atom is 0.407 e. The second-order valence-corrected chi connectivity index (χ2v) is 8.96. The Morgan fingerprint density at radius 3 is 2.18 bits per heavy atom. The first-order chi connectivity index (χ1) is 16.3. The molecule has 2 aromatic carbocycles. The third kappa shape index (κ3) is 6.35. The minimum atomic E-state index is -0.853. The van der Waals surface area contributed by atoms with Crippen LogP contribution in [0.5, 0.6) is 0 Å². The van der Waals surface area contributed by atoms with Crippen molar-refractivity contribution >= 4 is 18.0 Å². The molecule has 0 saturated carbocycles. The van der Waals surface area contributed by atoms with Gasteiger partial charge < -0.3 is 25.4 Å². The predicted molar refractivity (Wildman–Crippen MR) is 130 cm³/mol. The average molecular weight is 468 g/mol. The number of carboxylic acids is 1.